The van der Waals surface area contributed by atoms with E-state index in [0.29, 0.717) is 0 Å². The van der Waals surface area contributed by atoms with Crippen molar-refractivity contribution in [2.75, 3.05) is 6.61 Å². The maximum Gasteiger partial charge on any atom is 1.00 e. The van der Waals surface area contributed by atoms with Crippen molar-refractivity contribution in [1.82, 2.24) is 0 Å². The molecule has 0 rings (SSSR count). The first-order chi connectivity index (χ1) is 18.0. The fourth-order valence-corrected chi connectivity index (χ4v) is 5.39. The van der Waals surface area contributed by atoms with Crippen LogP contribution in [0.1, 0.15) is 181 Å². The predicted molar refractivity (Wildman–Crippen MR) is 160 cm³/mol. The molecular formula is C32H63KO4S. The Kier molecular flexibility index (Phi) is 35.7. The average molecular weight is 583 g/mol. The van der Waals surface area contributed by atoms with Gasteiger partial charge in [-0.05, 0) is 19.3 Å². The SMILES string of the molecule is CCCCCCCCCCCCCCCCC/C=C/C(CCCCCCCCCCC)COS(=O)(=O)[O-].[K+]. The van der Waals surface area contributed by atoms with Crippen LogP contribution < -0.4 is 51.4 Å². The summed E-state index contributed by atoms with van der Waals surface area (Å²) in [5.74, 6) is 0.0182. The van der Waals surface area contributed by atoms with Gasteiger partial charge in [-0.3, -0.25) is 4.18 Å². The Hall–Kier alpha value is 1.25. The van der Waals surface area contributed by atoms with Gasteiger partial charge in [0, 0.05) is 5.92 Å². The molecule has 6 heteroatoms. The minimum atomic E-state index is -4.62. The second-order valence-electron chi connectivity index (χ2n) is 11.2. The largest absolute Gasteiger partial charge is 1.00 e. The van der Waals surface area contributed by atoms with E-state index in [9.17, 15) is 13.0 Å². The second-order valence-corrected chi connectivity index (χ2v) is 12.3. The summed E-state index contributed by atoms with van der Waals surface area (Å²) in [4.78, 5) is 0. The normalized spacial score (nSPS) is 12.7. The van der Waals surface area contributed by atoms with Gasteiger partial charge in [0.05, 0.1) is 6.61 Å². The van der Waals surface area contributed by atoms with Crippen LogP contribution in [0.25, 0.3) is 0 Å². The van der Waals surface area contributed by atoms with Crippen LogP contribution in [0.3, 0.4) is 0 Å². The summed E-state index contributed by atoms with van der Waals surface area (Å²) in [6.45, 7) is 4.51. The molecule has 38 heavy (non-hydrogen) atoms. The zero-order valence-corrected chi connectivity index (χ0v) is 29.8. The van der Waals surface area contributed by atoms with Crippen LogP contribution in [0.5, 0.6) is 0 Å². The van der Waals surface area contributed by atoms with E-state index in [0.717, 1.165) is 19.3 Å². The van der Waals surface area contributed by atoms with Gasteiger partial charge in [-0.1, -0.05) is 174 Å². The molecule has 1 atom stereocenters. The molecule has 0 fully saturated rings. The Labute approximate surface area is 281 Å². The number of unbranched alkanes of at least 4 members (excludes halogenated alkanes) is 23. The fraction of sp³-hybridized carbons (Fsp3) is 0.938. The Morgan fingerprint density at radius 1 is 0.579 bits per heavy atom. The van der Waals surface area contributed by atoms with E-state index in [4.69, 9.17) is 0 Å². The van der Waals surface area contributed by atoms with Crippen LogP contribution in [0.4, 0.5) is 0 Å². The minimum Gasteiger partial charge on any atom is -0.726 e. The molecule has 0 amide bonds. The van der Waals surface area contributed by atoms with Crippen molar-refractivity contribution in [3.63, 3.8) is 0 Å². The molecule has 0 heterocycles. The first-order valence-electron chi connectivity index (χ1n) is 16.3. The fourth-order valence-electron chi connectivity index (χ4n) is 5.05. The summed E-state index contributed by atoms with van der Waals surface area (Å²) in [6.07, 6.45) is 38.1. The first kappa shape index (κ1) is 41.4. The number of hydrogen-bond donors (Lipinski definition) is 0. The Balaban J connectivity index is 0. The van der Waals surface area contributed by atoms with Crippen molar-refractivity contribution in [2.24, 2.45) is 5.92 Å². The van der Waals surface area contributed by atoms with Crippen molar-refractivity contribution < 1.29 is 68.5 Å². The third-order valence-electron chi connectivity index (χ3n) is 7.49. The first-order valence-corrected chi connectivity index (χ1v) is 17.6. The quantitative estimate of drug-likeness (QED) is 0.0285. The van der Waals surface area contributed by atoms with E-state index < -0.39 is 10.4 Å². The molecule has 0 aliphatic carbocycles. The molecule has 0 aliphatic rings. The van der Waals surface area contributed by atoms with Gasteiger partial charge in [-0.2, -0.15) is 0 Å². The van der Waals surface area contributed by atoms with Gasteiger partial charge in [-0.15, -0.1) is 0 Å². The standard InChI is InChI=1S/C32H64O4S.K/c1-3-5-7-9-11-13-14-15-16-17-18-19-20-22-24-26-28-30-32(31-36-37(33,34)35)29-27-25-23-21-12-10-8-6-4-2;/h28,30,32H,3-27,29,31H2,1-2H3,(H,33,34,35);/q;+1/p-1/b30-28+;. The molecule has 1 unspecified atom stereocenters. The van der Waals surface area contributed by atoms with Crippen molar-refractivity contribution in [3.8, 4) is 0 Å². The zero-order chi connectivity index (χ0) is 27.3. The summed E-state index contributed by atoms with van der Waals surface area (Å²) in [7, 11) is -4.62. The Morgan fingerprint density at radius 2 is 0.921 bits per heavy atom. The van der Waals surface area contributed by atoms with Gasteiger partial charge >= 0.3 is 51.4 Å². The van der Waals surface area contributed by atoms with Gasteiger partial charge in [0.1, 0.15) is 0 Å². The van der Waals surface area contributed by atoms with Crippen LogP contribution in [0.15, 0.2) is 12.2 Å². The molecule has 0 radical (unpaired) electrons. The predicted octanol–water partition coefficient (Wildman–Crippen LogP) is 7.82. The number of allylic oxidation sites excluding steroid dienone is 1. The molecule has 0 aromatic rings. The van der Waals surface area contributed by atoms with Crippen molar-refractivity contribution in [2.45, 2.75) is 181 Å². The van der Waals surface area contributed by atoms with E-state index in [1.54, 1.807) is 0 Å². The monoisotopic (exact) mass is 582 g/mol. The summed E-state index contributed by atoms with van der Waals surface area (Å²) in [5, 5.41) is 0. The molecule has 222 valence electrons. The molecular weight excluding hydrogens is 520 g/mol. The molecule has 0 saturated heterocycles. The van der Waals surface area contributed by atoms with Crippen LogP contribution in [0.2, 0.25) is 0 Å². The van der Waals surface area contributed by atoms with Crippen LogP contribution in [0, 0.1) is 5.92 Å². The third-order valence-corrected chi connectivity index (χ3v) is 7.91. The maximum atomic E-state index is 10.9. The van der Waals surface area contributed by atoms with Gasteiger partial charge in [0.2, 0.25) is 10.4 Å². The molecule has 0 aliphatic heterocycles. The minimum absolute atomic E-state index is 0. The van der Waals surface area contributed by atoms with Gasteiger partial charge in [0.15, 0.2) is 0 Å². The zero-order valence-electron chi connectivity index (χ0n) is 25.9. The van der Waals surface area contributed by atoms with Crippen molar-refractivity contribution in [3.05, 3.63) is 12.2 Å². The third kappa shape index (κ3) is 35.3. The summed E-state index contributed by atoms with van der Waals surface area (Å²) >= 11 is 0. The van der Waals surface area contributed by atoms with E-state index in [1.807, 2.05) is 0 Å². The summed E-state index contributed by atoms with van der Waals surface area (Å²) in [5.41, 5.74) is 0. The summed E-state index contributed by atoms with van der Waals surface area (Å²) in [6, 6.07) is 0. The second kappa shape index (κ2) is 32.8. The molecule has 0 N–H and O–H groups in total. The molecule has 0 aromatic heterocycles. The van der Waals surface area contributed by atoms with Gasteiger partial charge < -0.3 is 4.55 Å². The number of hydrogen-bond acceptors (Lipinski definition) is 4. The smallest absolute Gasteiger partial charge is 0.726 e. The van der Waals surface area contributed by atoms with Gasteiger partial charge in [-0.25, -0.2) is 8.42 Å². The van der Waals surface area contributed by atoms with Crippen LogP contribution >= 0.6 is 0 Å². The Bertz CT molecular complexity index is 580. The molecule has 0 spiro atoms. The van der Waals surface area contributed by atoms with Crippen LogP contribution in [-0.2, 0) is 14.6 Å². The van der Waals surface area contributed by atoms with Crippen LogP contribution in [-0.4, -0.2) is 19.6 Å². The molecule has 0 saturated carbocycles. The molecule has 0 aromatic carbocycles. The topological polar surface area (TPSA) is 66.4 Å². The van der Waals surface area contributed by atoms with Gasteiger partial charge in [0.25, 0.3) is 0 Å². The van der Waals surface area contributed by atoms with Crippen molar-refractivity contribution in [1.29, 1.82) is 0 Å². The average Bonchev–Trinajstić information content (AvgIpc) is 2.87. The maximum absolute atomic E-state index is 10.9. The van der Waals surface area contributed by atoms with E-state index >= 15 is 0 Å². The summed E-state index contributed by atoms with van der Waals surface area (Å²) < 4.78 is 37.2. The number of rotatable bonds is 30. The molecule has 4 nitrogen and oxygen atoms in total. The van der Waals surface area contributed by atoms with E-state index in [2.05, 4.69) is 30.2 Å². The van der Waals surface area contributed by atoms with E-state index in [-0.39, 0.29) is 63.9 Å². The Morgan fingerprint density at radius 3 is 1.29 bits per heavy atom. The van der Waals surface area contributed by atoms with E-state index in [1.165, 1.54) is 148 Å². The van der Waals surface area contributed by atoms with Crippen molar-refractivity contribution >= 4 is 10.4 Å². The molecule has 0 bridgehead atoms.